The number of aromatic nitrogens is 1. The minimum Gasteiger partial charge on any atom is -0.367 e. The fourth-order valence-corrected chi connectivity index (χ4v) is 1.73. The number of hydrogen-bond donors (Lipinski definition) is 1. The summed E-state index contributed by atoms with van der Waals surface area (Å²) in [7, 11) is 0. The summed E-state index contributed by atoms with van der Waals surface area (Å²) in [5.41, 5.74) is 10.8. The summed E-state index contributed by atoms with van der Waals surface area (Å²) in [6, 6.07) is 6.29. The molecule has 3 nitrogen and oxygen atoms in total. The zero-order valence-corrected chi connectivity index (χ0v) is 9.16. The molecule has 0 radical (unpaired) electrons. The minimum absolute atomic E-state index is 0.393. The maximum atomic E-state index is 5.62. The van der Waals surface area contributed by atoms with Crippen LogP contribution in [0.2, 0.25) is 0 Å². The van der Waals surface area contributed by atoms with Gasteiger partial charge in [-0.15, -0.1) is 0 Å². The fraction of sp³-hybridized carbons (Fsp3) is 0.250. The van der Waals surface area contributed by atoms with Crippen molar-refractivity contribution >= 4 is 5.88 Å². The molecule has 0 saturated carbocycles. The van der Waals surface area contributed by atoms with Crippen molar-refractivity contribution in [3.63, 3.8) is 0 Å². The molecule has 0 fully saturated rings. The third-order valence-corrected chi connectivity index (χ3v) is 2.46. The maximum absolute atomic E-state index is 5.62. The van der Waals surface area contributed by atoms with E-state index in [1.165, 1.54) is 11.1 Å². The molecule has 0 atom stereocenters. The van der Waals surface area contributed by atoms with Crippen molar-refractivity contribution in [2.75, 3.05) is 5.73 Å². The summed E-state index contributed by atoms with van der Waals surface area (Å²) < 4.78 is 4.96. The molecule has 1 aromatic carbocycles. The number of rotatable bonds is 1. The zero-order valence-electron chi connectivity index (χ0n) is 9.16. The van der Waals surface area contributed by atoms with Gasteiger partial charge >= 0.3 is 0 Å². The van der Waals surface area contributed by atoms with E-state index in [1.807, 2.05) is 6.92 Å². The monoisotopic (exact) mass is 202 g/mol. The van der Waals surface area contributed by atoms with Crippen molar-refractivity contribution in [3.05, 3.63) is 34.9 Å². The molecule has 0 aliphatic carbocycles. The molecule has 1 heterocycles. The zero-order chi connectivity index (χ0) is 11.0. The number of aryl methyl sites for hydroxylation is 2. The van der Waals surface area contributed by atoms with E-state index in [-0.39, 0.29) is 0 Å². The summed E-state index contributed by atoms with van der Waals surface area (Å²) in [4.78, 5) is 0. The second-order valence-corrected chi connectivity index (χ2v) is 3.90. The molecule has 0 saturated heterocycles. The molecule has 2 rings (SSSR count). The molecule has 3 heteroatoms. The smallest absolute Gasteiger partial charge is 0.225 e. The van der Waals surface area contributed by atoms with Crippen LogP contribution in [0.15, 0.2) is 22.7 Å². The number of nitrogens with two attached hydrogens (primary N) is 1. The molecule has 78 valence electrons. The van der Waals surface area contributed by atoms with E-state index in [4.69, 9.17) is 10.3 Å². The van der Waals surface area contributed by atoms with Gasteiger partial charge in [-0.25, -0.2) is 0 Å². The van der Waals surface area contributed by atoms with Gasteiger partial charge in [0.15, 0.2) is 0 Å². The normalized spacial score (nSPS) is 10.6. The van der Waals surface area contributed by atoms with Crippen LogP contribution in [0.25, 0.3) is 11.3 Å². The molecule has 2 aromatic rings. The highest BCUT2D eigenvalue weighted by atomic mass is 16.5. The van der Waals surface area contributed by atoms with Crippen LogP contribution in [0.5, 0.6) is 0 Å². The lowest BCUT2D eigenvalue weighted by Gasteiger charge is -2.02. The van der Waals surface area contributed by atoms with Gasteiger partial charge in [0.2, 0.25) is 5.88 Å². The predicted octanol–water partition coefficient (Wildman–Crippen LogP) is 2.85. The second-order valence-electron chi connectivity index (χ2n) is 3.90. The summed E-state index contributed by atoms with van der Waals surface area (Å²) in [6.07, 6.45) is 0. The number of anilines is 1. The van der Waals surface area contributed by atoms with Gasteiger partial charge in [-0.3, -0.25) is 0 Å². The standard InChI is InChI=1S/C12H14N2O/c1-7-4-8(2)6-10(5-7)11-9(3)12(13)15-14-11/h4-6H,13H2,1-3H3. The highest BCUT2D eigenvalue weighted by Crippen LogP contribution is 2.27. The highest BCUT2D eigenvalue weighted by molar-refractivity contribution is 5.67. The minimum atomic E-state index is 0.393. The molecule has 0 aliphatic rings. The number of benzene rings is 1. The largest absolute Gasteiger partial charge is 0.367 e. The van der Waals surface area contributed by atoms with E-state index >= 15 is 0 Å². The van der Waals surface area contributed by atoms with Crippen LogP contribution in [0.4, 0.5) is 5.88 Å². The SMILES string of the molecule is Cc1cc(C)cc(-c2noc(N)c2C)c1. The van der Waals surface area contributed by atoms with Gasteiger partial charge in [0.1, 0.15) is 5.69 Å². The van der Waals surface area contributed by atoms with Gasteiger partial charge in [-0.1, -0.05) is 22.3 Å². The highest BCUT2D eigenvalue weighted by Gasteiger charge is 2.11. The third kappa shape index (κ3) is 1.73. The predicted molar refractivity (Wildman–Crippen MR) is 60.6 cm³/mol. The van der Waals surface area contributed by atoms with Crippen molar-refractivity contribution in [1.82, 2.24) is 5.16 Å². The Kier molecular flexibility index (Phi) is 2.23. The van der Waals surface area contributed by atoms with E-state index < -0.39 is 0 Å². The first-order valence-electron chi connectivity index (χ1n) is 4.88. The molecule has 2 N–H and O–H groups in total. The Balaban J connectivity index is 2.58. The Hall–Kier alpha value is -1.77. The van der Waals surface area contributed by atoms with Crippen LogP contribution in [-0.4, -0.2) is 5.16 Å². The van der Waals surface area contributed by atoms with Crippen LogP contribution < -0.4 is 5.73 Å². The Morgan fingerprint density at radius 2 is 1.67 bits per heavy atom. The van der Waals surface area contributed by atoms with Gasteiger partial charge in [0.05, 0.1) is 0 Å². The average Bonchev–Trinajstić information content (AvgIpc) is 2.46. The van der Waals surface area contributed by atoms with E-state index in [0.29, 0.717) is 5.88 Å². The molecule has 1 aromatic heterocycles. The van der Waals surface area contributed by atoms with Crippen molar-refractivity contribution in [2.45, 2.75) is 20.8 Å². The molecule has 0 bridgehead atoms. The Morgan fingerprint density at radius 1 is 1.07 bits per heavy atom. The van der Waals surface area contributed by atoms with Crippen molar-refractivity contribution in [2.24, 2.45) is 0 Å². The van der Waals surface area contributed by atoms with Gasteiger partial charge < -0.3 is 10.3 Å². The fourth-order valence-electron chi connectivity index (χ4n) is 1.73. The Morgan fingerprint density at radius 3 is 2.13 bits per heavy atom. The van der Waals surface area contributed by atoms with Crippen LogP contribution in [-0.2, 0) is 0 Å². The molecule has 0 spiro atoms. The van der Waals surface area contributed by atoms with Crippen molar-refractivity contribution < 1.29 is 4.52 Å². The van der Waals surface area contributed by atoms with Crippen LogP contribution in [0.1, 0.15) is 16.7 Å². The molecule has 0 amide bonds. The molecular formula is C12H14N2O. The van der Waals surface area contributed by atoms with Gasteiger partial charge in [-0.05, 0) is 32.9 Å². The first-order valence-corrected chi connectivity index (χ1v) is 4.88. The number of nitrogens with zero attached hydrogens (tertiary/aromatic N) is 1. The van der Waals surface area contributed by atoms with Gasteiger partial charge in [0, 0.05) is 11.1 Å². The van der Waals surface area contributed by atoms with E-state index in [1.54, 1.807) is 0 Å². The molecular weight excluding hydrogens is 188 g/mol. The first kappa shape index (κ1) is 9.77. The lowest BCUT2D eigenvalue weighted by atomic mass is 10.0. The average molecular weight is 202 g/mol. The van der Waals surface area contributed by atoms with Crippen LogP contribution in [0, 0.1) is 20.8 Å². The molecule has 15 heavy (non-hydrogen) atoms. The lowest BCUT2D eigenvalue weighted by molar-refractivity contribution is 0.439. The number of hydrogen-bond acceptors (Lipinski definition) is 3. The maximum Gasteiger partial charge on any atom is 0.225 e. The summed E-state index contributed by atoms with van der Waals surface area (Å²) in [5, 5.41) is 3.97. The van der Waals surface area contributed by atoms with Crippen molar-refractivity contribution in [3.8, 4) is 11.3 Å². The Bertz CT molecular complexity index is 480. The first-order chi connectivity index (χ1) is 7.08. The van der Waals surface area contributed by atoms with Crippen LogP contribution in [0.3, 0.4) is 0 Å². The Labute approximate surface area is 88.9 Å². The summed E-state index contributed by atoms with van der Waals surface area (Å²) >= 11 is 0. The summed E-state index contributed by atoms with van der Waals surface area (Å²) in [6.45, 7) is 6.05. The van der Waals surface area contributed by atoms with E-state index in [0.717, 1.165) is 16.8 Å². The quantitative estimate of drug-likeness (QED) is 0.773. The third-order valence-electron chi connectivity index (χ3n) is 2.46. The summed E-state index contributed by atoms with van der Waals surface area (Å²) in [5.74, 6) is 0.393. The van der Waals surface area contributed by atoms with Gasteiger partial charge in [0.25, 0.3) is 0 Å². The van der Waals surface area contributed by atoms with Crippen molar-refractivity contribution in [1.29, 1.82) is 0 Å². The van der Waals surface area contributed by atoms with E-state index in [2.05, 4.69) is 37.2 Å². The second kappa shape index (κ2) is 3.42. The molecule has 0 aliphatic heterocycles. The van der Waals surface area contributed by atoms with Gasteiger partial charge in [-0.2, -0.15) is 0 Å². The molecule has 0 unspecified atom stereocenters. The lowest BCUT2D eigenvalue weighted by Crippen LogP contribution is -1.87. The number of nitrogen functional groups attached to an aromatic ring is 1. The topological polar surface area (TPSA) is 52.0 Å². The van der Waals surface area contributed by atoms with E-state index in [9.17, 15) is 0 Å². The van der Waals surface area contributed by atoms with Crippen LogP contribution >= 0.6 is 0 Å².